The van der Waals surface area contributed by atoms with E-state index in [1.54, 1.807) is 12.1 Å². The summed E-state index contributed by atoms with van der Waals surface area (Å²) in [6, 6.07) is 21.6. The van der Waals surface area contributed by atoms with Crippen LogP contribution in [0.2, 0.25) is 5.02 Å². The summed E-state index contributed by atoms with van der Waals surface area (Å²) >= 11 is 6.17. The number of primary sulfonamides is 1. The van der Waals surface area contributed by atoms with E-state index in [4.69, 9.17) is 21.5 Å². The molecular formula is C20H19ClN2O3S. The van der Waals surface area contributed by atoms with E-state index in [-0.39, 0.29) is 4.90 Å². The van der Waals surface area contributed by atoms with Gasteiger partial charge in [-0.2, -0.15) is 0 Å². The lowest BCUT2D eigenvalue weighted by Gasteiger charge is -2.13. The molecule has 0 atom stereocenters. The first-order valence-electron chi connectivity index (χ1n) is 8.24. The number of halogens is 1. The fourth-order valence-corrected chi connectivity index (χ4v) is 3.23. The van der Waals surface area contributed by atoms with Crippen molar-refractivity contribution < 1.29 is 13.2 Å². The van der Waals surface area contributed by atoms with Gasteiger partial charge in [0.25, 0.3) is 0 Å². The molecule has 0 aliphatic heterocycles. The minimum absolute atomic E-state index is 0.0801. The van der Waals surface area contributed by atoms with E-state index in [9.17, 15) is 8.42 Å². The largest absolute Gasteiger partial charge is 0.488 e. The Balaban J connectivity index is 1.66. The number of nitrogens with two attached hydrogens (primary N) is 1. The van der Waals surface area contributed by atoms with Crippen molar-refractivity contribution in [2.24, 2.45) is 5.14 Å². The number of sulfonamides is 1. The molecule has 3 rings (SSSR count). The lowest BCUT2D eigenvalue weighted by molar-refractivity contribution is 0.303. The van der Waals surface area contributed by atoms with Crippen LogP contribution in [0.5, 0.6) is 5.75 Å². The zero-order valence-electron chi connectivity index (χ0n) is 14.4. The van der Waals surface area contributed by atoms with Crippen LogP contribution in [0.25, 0.3) is 0 Å². The Morgan fingerprint density at radius 3 is 2.19 bits per heavy atom. The van der Waals surface area contributed by atoms with E-state index in [1.807, 2.05) is 48.5 Å². The maximum absolute atomic E-state index is 11.3. The Morgan fingerprint density at radius 1 is 0.889 bits per heavy atom. The molecule has 0 saturated heterocycles. The molecule has 27 heavy (non-hydrogen) atoms. The van der Waals surface area contributed by atoms with Crippen LogP contribution in [-0.4, -0.2) is 8.42 Å². The number of para-hydroxylation sites is 1. The minimum Gasteiger partial charge on any atom is -0.488 e. The number of anilines is 1. The van der Waals surface area contributed by atoms with Crippen molar-refractivity contribution in [3.05, 3.63) is 88.9 Å². The van der Waals surface area contributed by atoms with Crippen LogP contribution < -0.4 is 15.2 Å². The van der Waals surface area contributed by atoms with Gasteiger partial charge in [-0.3, -0.25) is 0 Å². The maximum atomic E-state index is 11.3. The molecule has 5 nitrogen and oxygen atoms in total. The molecule has 0 aromatic heterocycles. The van der Waals surface area contributed by atoms with Gasteiger partial charge in [0, 0.05) is 28.4 Å². The zero-order chi connectivity index (χ0) is 19.3. The second-order valence-electron chi connectivity index (χ2n) is 5.91. The first-order valence-corrected chi connectivity index (χ1v) is 10.2. The van der Waals surface area contributed by atoms with Gasteiger partial charge in [-0.25, -0.2) is 13.6 Å². The monoisotopic (exact) mass is 402 g/mol. The predicted octanol–water partition coefficient (Wildman–Crippen LogP) is 4.18. The smallest absolute Gasteiger partial charge is 0.238 e. The quantitative estimate of drug-likeness (QED) is 0.621. The van der Waals surface area contributed by atoms with Crippen LogP contribution in [0.4, 0.5) is 5.69 Å². The molecule has 0 saturated carbocycles. The first-order chi connectivity index (χ1) is 12.9. The normalized spacial score (nSPS) is 11.2. The molecule has 0 amide bonds. The SMILES string of the molecule is NS(=O)(=O)c1ccc(NCc2ccccc2OCc2ccccc2Cl)cc1. The van der Waals surface area contributed by atoms with E-state index < -0.39 is 10.0 Å². The molecule has 0 heterocycles. The summed E-state index contributed by atoms with van der Waals surface area (Å²) in [5, 5.41) is 9.03. The summed E-state index contributed by atoms with van der Waals surface area (Å²) in [6.07, 6.45) is 0. The number of rotatable bonds is 7. The topological polar surface area (TPSA) is 81.4 Å². The van der Waals surface area contributed by atoms with Gasteiger partial charge < -0.3 is 10.1 Å². The van der Waals surface area contributed by atoms with Gasteiger partial charge in [0.1, 0.15) is 12.4 Å². The van der Waals surface area contributed by atoms with Gasteiger partial charge >= 0.3 is 0 Å². The van der Waals surface area contributed by atoms with Crippen molar-refractivity contribution >= 4 is 27.3 Å². The van der Waals surface area contributed by atoms with Crippen LogP contribution in [-0.2, 0) is 23.2 Å². The molecule has 0 bridgehead atoms. The van der Waals surface area contributed by atoms with E-state index in [0.717, 1.165) is 22.6 Å². The average Bonchev–Trinajstić information content (AvgIpc) is 2.66. The second-order valence-corrected chi connectivity index (χ2v) is 7.88. The van der Waals surface area contributed by atoms with Crippen molar-refractivity contribution in [2.45, 2.75) is 18.0 Å². The number of nitrogens with one attached hydrogen (secondary N) is 1. The summed E-state index contributed by atoms with van der Waals surface area (Å²) in [4.78, 5) is 0.0801. The fraction of sp³-hybridized carbons (Fsp3) is 0.100. The molecule has 0 unspecified atom stereocenters. The highest BCUT2D eigenvalue weighted by Crippen LogP contribution is 2.23. The van der Waals surface area contributed by atoms with Crippen molar-refractivity contribution in [3.8, 4) is 5.75 Å². The Kier molecular flexibility index (Phi) is 6.01. The summed E-state index contributed by atoms with van der Waals surface area (Å²) in [7, 11) is -3.69. The van der Waals surface area contributed by atoms with Crippen LogP contribution in [0.1, 0.15) is 11.1 Å². The highest BCUT2D eigenvalue weighted by molar-refractivity contribution is 7.89. The third-order valence-electron chi connectivity index (χ3n) is 3.98. The van der Waals surface area contributed by atoms with Crippen molar-refractivity contribution in [2.75, 3.05) is 5.32 Å². The van der Waals surface area contributed by atoms with Gasteiger partial charge in [-0.1, -0.05) is 48.0 Å². The first kappa shape index (κ1) is 19.2. The van der Waals surface area contributed by atoms with Gasteiger partial charge in [0.15, 0.2) is 0 Å². The molecule has 3 aromatic rings. The Hall–Kier alpha value is -2.54. The summed E-state index contributed by atoms with van der Waals surface area (Å²) < 4.78 is 28.6. The molecule has 0 aliphatic rings. The average molecular weight is 403 g/mol. The Labute approximate surface area is 163 Å². The molecule has 0 spiro atoms. The lowest BCUT2D eigenvalue weighted by Crippen LogP contribution is -2.12. The predicted molar refractivity (Wildman–Crippen MR) is 107 cm³/mol. The molecule has 7 heteroatoms. The Morgan fingerprint density at radius 2 is 1.52 bits per heavy atom. The molecule has 3 aromatic carbocycles. The summed E-state index contributed by atoms with van der Waals surface area (Å²) in [5.41, 5.74) is 2.67. The molecule has 140 valence electrons. The van der Waals surface area contributed by atoms with E-state index in [2.05, 4.69) is 5.32 Å². The molecule has 0 radical (unpaired) electrons. The van der Waals surface area contributed by atoms with Crippen molar-refractivity contribution in [3.63, 3.8) is 0 Å². The van der Waals surface area contributed by atoms with Gasteiger partial charge in [0.2, 0.25) is 10.0 Å². The van der Waals surface area contributed by atoms with E-state index >= 15 is 0 Å². The number of ether oxygens (including phenoxy) is 1. The van der Waals surface area contributed by atoms with Gasteiger partial charge in [-0.15, -0.1) is 0 Å². The number of hydrogen-bond donors (Lipinski definition) is 2. The summed E-state index contributed by atoms with van der Waals surface area (Å²) in [5.74, 6) is 0.756. The highest BCUT2D eigenvalue weighted by atomic mass is 35.5. The van der Waals surface area contributed by atoms with Crippen LogP contribution in [0.3, 0.4) is 0 Å². The van der Waals surface area contributed by atoms with Crippen LogP contribution >= 0.6 is 11.6 Å². The van der Waals surface area contributed by atoms with Crippen molar-refractivity contribution in [1.82, 2.24) is 0 Å². The molecule has 3 N–H and O–H groups in total. The number of benzene rings is 3. The third-order valence-corrected chi connectivity index (χ3v) is 5.28. The molecular weight excluding hydrogens is 384 g/mol. The summed E-state index contributed by atoms with van der Waals surface area (Å²) in [6.45, 7) is 0.896. The van der Waals surface area contributed by atoms with Gasteiger partial charge in [-0.05, 0) is 36.4 Å². The number of hydrogen-bond acceptors (Lipinski definition) is 4. The van der Waals surface area contributed by atoms with E-state index in [0.29, 0.717) is 18.2 Å². The van der Waals surface area contributed by atoms with Gasteiger partial charge in [0.05, 0.1) is 4.90 Å². The lowest BCUT2D eigenvalue weighted by atomic mass is 10.2. The van der Waals surface area contributed by atoms with Crippen LogP contribution in [0.15, 0.2) is 77.7 Å². The Bertz CT molecular complexity index is 1020. The third kappa shape index (κ3) is 5.23. The highest BCUT2D eigenvalue weighted by Gasteiger charge is 2.08. The van der Waals surface area contributed by atoms with Crippen molar-refractivity contribution in [1.29, 1.82) is 0 Å². The molecule has 0 fully saturated rings. The van der Waals surface area contributed by atoms with E-state index in [1.165, 1.54) is 12.1 Å². The minimum atomic E-state index is -3.69. The standard InChI is InChI=1S/C20H19ClN2O3S/c21-19-7-3-1-6-16(19)14-26-20-8-4-2-5-15(20)13-23-17-9-11-18(12-10-17)27(22,24)25/h1-12,23H,13-14H2,(H2,22,24,25). The zero-order valence-corrected chi connectivity index (χ0v) is 16.0. The molecule has 0 aliphatic carbocycles. The second kappa shape index (κ2) is 8.43. The maximum Gasteiger partial charge on any atom is 0.238 e. The fourth-order valence-electron chi connectivity index (χ4n) is 2.52. The van der Waals surface area contributed by atoms with Crippen LogP contribution in [0, 0.1) is 0 Å².